The van der Waals surface area contributed by atoms with E-state index in [9.17, 15) is 34.5 Å². The maximum atomic E-state index is 13.1. The Morgan fingerprint density at radius 2 is 1.33 bits per heavy atom. The number of benzene rings is 2. The number of carboxylic acids is 1. The molecule has 2 rings (SSSR count). The van der Waals surface area contributed by atoms with Crippen molar-refractivity contribution < 1.29 is 34.5 Å². The van der Waals surface area contributed by atoms with Gasteiger partial charge < -0.3 is 37.0 Å². The summed E-state index contributed by atoms with van der Waals surface area (Å²) in [5.41, 5.74) is 7.41. The number of aromatic hydroxyl groups is 1. The highest BCUT2D eigenvalue weighted by atomic mass is 16.4. The summed E-state index contributed by atoms with van der Waals surface area (Å²) in [5.74, 6) is -3.48. The fraction of sp³-hybridized carbons (Fsp3) is 0.429. The first-order chi connectivity index (χ1) is 18.4. The average Bonchev–Trinajstić information content (AvgIpc) is 2.87. The van der Waals surface area contributed by atoms with Crippen molar-refractivity contribution in [1.29, 1.82) is 0 Å². The van der Waals surface area contributed by atoms with Gasteiger partial charge in [-0.1, -0.05) is 56.3 Å². The van der Waals surface area contributed by atoms with Gasteiger partial charge >= 0.3 is 5.97 Å². The molecule has 0 saturated carbocycles. The molecular formula is C28H38N4O7. The molecular weight excluding hydrogens is 504 g/mol. The van der Waals surface area contributed by atoms with Crippen molar-refractivity contribution in [3.63, 3.8) is 0 Å². The Morgan fingerprint density at radius 1 is 0.769 bits per heavy atom. The fourth-order valence-corrected chi connectivity index (χ4v) is 3.93. The van der Waals surface area contributed by atoms with Gasteiger partial charge in [-0.3, -0.25) is 14.4 Å². The number of phenols is 1. The molecule has 0 aliphatic rings. The van der Waals surface area contributed by atoms with E-state index in [-0.39, 0.29) is 30.9 Å². The molecule has 3 amide bonds. The van der Waals surface area contributed by atoms with Crippen molar-refractivity contribution in [2.24, 2.45) is 11.7 Å². The summed E-state index contributed by atoms with van der Waals surface area (Å²) >= 11 is 0. The molecule has 0 aliphatic heterocycles. The van der Waals surface area contributed by atoms with Gasteiger partial charge in [0.05, 0.1) is 12.1 Å². The van der Waals surface area contributed by atoms with E-state index in [0.29, 0.717) is 5.56 Å². The number of nitrogens with one attached hydrogen (secondary N) is 3. The molecule has 39 heavy (non-hydrogen) atoms. The summed E-state index contributed by atoms with van der Waals surface area (Å²) in [5, 5.41) is 36.8. The van der Waals surface area contributed by atoms with Crippen LogP contribution in [0.3, 0.4) is 0 Å². The smallest absolute Gasteiger partial charge is 0.326 e. The molecule has 8 N–H and O–H groups in total. The van der Waals surface area contributed by atoms with Crippen LogP contribution in [0.25, 0.3) is 0 Å². The summed E-state index contributed by atoms with van der Waals surface area (Å²) in [6, 6.07) is 10.2. The van der Waals surface area contributed by atoms with E-state index in [1.165, 1.54) is 19.1 Å². The maximum Gasteiger partial charge on any atom is 0.326 e. The number of aliphatic hydroxyl groups excluding tert-OH is 1. The number of hydrogen-bond donors (Lipinski definition) is 7. The maximum absolute atomic E-state index is 13.1. The lowest BCUT2D eigenvalue weighted by atomic mass is 10.0. The second kappa shape index (κ2) is 14.8. The second-order valence-corrected chi connectivity index (χ2v) is 9.98. The third kappa shape index (κ3) is 10.4. The van der Waals surface area contributed by atoms with E-state index in [2.05, 4.69) is 16.0 Å². The molecule has 0 bridgehead atoms. The Bertz CT molecular complexity index is 1110. The van der Waals surface area contributed by atoms with Crippen molar-refractivity contribution in [2.45, 2.75) is 70.3 Å². The monoisotopic (exact) mass is 542 g/mol. The molecule has 2 aromatic rings. The summed E-state index contributed by atoms with van der Waals surface area (Å²) in [7, 11) is 0. The van der Waals surface area contributed by atoms with Gasteiger partial charge in [0, 0.05) is 6.42 Å². The highest BCUT2D eigenvalue weighted by molar-refractivity contribution is 5.94. The number of carbonyl (C=O) groups excluding carboxylic acids is 3. The normalized spacial score (nSPS) is 14.9. The van der Waals surface area contributed by atoms with Gasteiger partial charge in [-0.15, -0.1) is 0 Å². The Kier molecular flexibility index (Phi) is 11.9. The molecule has 5 atom stereocenters. The molecule has 0 aliphatic carbocycles. The number of phenolic OH excluding ortho intramolecular Hbond substituents is 1. The fourth-order valence-electron chi connectivity index (χ4n) is 3.93. The van der Waals surface area contributed by atoms with Gasteiger partial charge in [0.2, 0.25) is 17.7 Å². The van der Waals surface area contributed by atoms with Crippen LogP contribution in [0.15, 0.2) is 54.6 Å². The van der Waals surface area contributed by atoms with Crippen LogP contribution in [0.5, 0.6) is 5.75 Å². The lowest BCUT2D eigenvalue weighted by molar-refractivity contribution is -0.142. The van der Waals surface area contributed by atoms with Crippen LogP contribution >= 0.6 is 0 Å². The van der Waals surface area contributed by atoms with Gasteiger partial charge in [0.25, 0.3) is 0 Å². The summed E-state index contributed by atoms with van der Waals surface area (Å²) in [4.78, 5) is 50.7. The van der Waals surface area contributed by atoms with Crippen LogP contribution in [0.2, 0.25) is 0 Å². The number of nitrogens with two attached hydrogens (primary N) is 1. The van der Waals surface area contributed by atoms with Gasteiger partial charge in [0.15, 0.2) is 0 Å². The first-order valence-electron chi connectivity index (χ1n) is 12.8. The van der Waals surface area contributed by atoms with Crippen LogP contribution < -0.4 is 21.7 Å². The Balaban J connectivity index is 2.10. The number of amides is 3. The first-order valence-corrected chi connectivity index (χ1v) is 12.8. The third-order valence-corrected chi connectivity index (χ3v) is 6.03. The zero-order valence-corrected chi connectivity index (χ0v) is 22.3. The van der Waals surface area contributed by atoms with E-state index in [4.69, 9.17) is 5.73 Å². The van der Waals surface area contributed by atoms with Gasteiger partial charge in [0.1, 0.15) is 23.9 Å². The molecule has 5 unspecified atom stereocenters. The predicted molar refractivity (Wildman–Crippen MR) is 144 cm³/mol. The van der Waals surface area contributed by atoms with E-state index in [0.717, 1.165) is 5.56 Å². The van der Waals surface area contributed by atoms with Crippen LogP contribution in [0.4, 0.5) is 0 Å². The number of rotatable bonds is 14. The topological polar surface area (TPSA) is 191 Å². The quantitative estimate of drug-likeness (QED) is 0.179. The van der Waals surface area contributed by atoms with Crippen molar-refractivity contribution in [2.75, 3.05) is 0 Å². The lowest BCUT2D eigenvalue weighted by Crippen LogP contribution is -2.60. The summed E-state index contributed by atoms with van der Waals surface area (Å²) in [6.45, 7) is 4.98. The number of carbonyl (C=O) groups is 4. The zero-order valence-electron chi connectivity index (χ0n) is 22.3. The largest absolute Gasteiger partial charge is 0.508 e. The molecule has 11 heteroatoms. The minimum atomic E-state index is -1.39. The molecule has 0 aromatic heterocycles. The Labute approximate surface area is 227 Å². The molecule has 0 spiro atoms. The molecule has 0 fully saturated rings. The zero-order chi connectivity index (χ0) is 29.1. The van der Waals surface area contributed by atoms with Crippen LogP contribution in [-0.4, -0.2) is 69.3 Å². The average molecular weight is 543 g/mol. The molecule has 11 nitrogen and oxygen atoms in total. The molecule has 0 saturated heterocycles. The second-order valence-electron chi connectivity index (χ2n) is 9.98. The van der Waals surface area contributed by atoms with Crippen molar-refractivity contribution in [3.05, 3.63) is 65.7 Å². The van der Waals surface area contributed by atoms with Crippen molar-refractivity contribution >= 4 is 23.7 Å². The molecule has 212 valence electrons. The highest BCUT2D eigenvalue weighted by Crippen LogP contribution is 2.13. The Morgan fingerprint density at radius 3 is 1.87 bits per heavy atom. The highest BCUT2D eigenvalue weighted by Gasteiger charge is 2.32. The van der Waals surface area contributed by atoms with Crippen LogP contribution in [0.1, 0.15) is 38.3 Å². The lowest BCUT2D eigenvalue weighted by Gasteiger charge is -2.27. The van der Waals surface area contributed by atoms with E-state index in [1.54, 1.807) is 12.1 Å². The SMILES string of the molecule is CC(C)CC(NC(=O)C(NC(=O)C(N)Cc1ccccc1)C(C)O)C(=O)NC(Cc1ccc(O)cc1)C(=O)O. The van der Waals surface area contributed by atoms with Crippen molar-refractivity contribution in [3.8, 4) is 5.75 Å². The number of hydrogen-bond acceptors (Lipinski definition) is 7. The number of aliphatic carboxylic acids is 1. The van der Waals surface area contributed by atoms with Crippen LogP contribution in [0, 0.1) is 5.92 Å². The molecule has 2 aromatic carbocycles. The van der Waals surface area contributed by atoms with Gasteiger partial charge in [-0.05, 0) is 48.9 Å². The summed E-state index contributed by atoms with van der Waals surface area (Å²) in [6.07, 6.45) is -0.953. The van der Waals surface area contributed by atoms with Crippen LogP contribution in [-0.2, 0) is 32.0 Å². The molecule has 0 heterocycles. The van der Waals surface area contributed by atoms with E-state index < -0.39 is 54.0 Å². The van der Waals surface area contributed by atoms with E-state index in [1.807, 2.05) is 44.2 Å². The first kappa shape index (κ1) is 31.3. The van der Waals surface area contributed by atoms with E-state index >= 15 is 0 Å². The minimum Gasteiger partial charge on any atom is -0.508 e. The van der Waals surface area contributed by atoms with Gasteiger partial charge in [-0.25, -0.2) is 4.79 Å². The van der Waals surface area contributed by atoms with Crippen molar-refractivity contribution in [1.82, 2.24) is 16.0 Å². The standard InChI is InChI=1S/C28H38N4O7/c1-16(2)13-22(26(36)31-23(28(38)39)15-19-9-11-20(34)12-10-19)30-27(37)24(17(3)33)32-25(35)21(29)14-18-7-5-4-6-8-18/h4-12,16-17,21-24,33-34H,13-15,29H2,1-3H3,(H,30,37)(H,31,36)(H,32,35)(H,38,39). The van der Waals surface area contributed by atoms with Gasteiger partial charge in [-0.2, -0.15) is 0 Å². The molecule has 0 radical (unpaired) electrons. The summed E-state index contributed by atoms with van der Waals surface area (Å²) < 4.78 is 0. The minimum absolute atomic E-state index is 0.0233. The Hall–Kier alpha value is -3.96. The number of aliphatic hydroxyl groups is 1. The number of carboxylic acid groups (broad SMARTS) is 1. The third-order valence-electron chi connectivity index (χ3n) is 6.03. The predicted octanol–water partition coefficient (Wildman–Crippen LogP) is 0.471.